The van der Waals surface area contributed by atoms with Crippen LogP contribution in [0.2, 0.25) is 5.02 Å². The minimum atomic E-state index is -0.330. The van der Waals surface area contributed by atoms with E-state index in [1.54, 1.807) is 11.0 Å². The van der Waals surface area contributed by atoms with Crippen molar-refractivity contribution in [3.8, 4) is 0 Å². The van der Waals surface area contributed by atoms with Crippen molar-refractivity contribution in [2.45, 2.75) is 33.1 Å². The third-order valence-corrected chi connectivity index (χ3v) is 6.84. The lowest BCUT2D eigenvalue weighted by Gasteiger charge is -2.33. The van der Waals surface area contributed by atoms with Crippen LogP contribution in [0.5, 0.6) is 0 Å². The highest BCUT2D eigenvalue weighted by molar-refractivity contribution is 6.31. The molecule has 0 bridgehead atoms. The van der Waals surface area contributed by atoms with Crippen molar-refractivity contribution in [3.05, 3.63) is 58.6 Å². The van der Waals surface area contributed by atoms with Crippen LogP contribution in [0.1, 0.15) is 30.4 Å². The lowest BCUT2D eigenvalue weighted by molar-refractivity contribution is -0.138. The van der Waals surface area contributed by atoms with Crippen LogP contribution in [0.3, 0.4) is 0 Å². The summed E-state index contributed by atoms with van der Waals surface area (Å²) in [6.07, 6.45) is 1.46. The SMILES string of the molecule is Cc1ccc(N2CC(C(=O)N3CCC(C(=O)Nc4ccc(C)c(Cl)c4)CC3)CC2=O)cc1. The number of aryl methyl sites for hydroxylation is 2. The smallest absolute Gasteiger partial charge is 0.228 e. The first-order valence-corrected chi connectivity index (χ1v) is 11.4. The van der Waals surface area contributed by atoms with Gasteiger partial charge in [-0.1, -0.05) is 35.4 Å². The summed E-state index contributed by atoms with van der Waals surface area (Å²) in [5.74, 6) is -0.522. The van der Waals surface area contributed by atoms with E-state index < -0.39 is 0 Å². The Morgan fingerprint density at radius 1 is 1.00 bits per heavy atom. The van der Waals surface area contributed by atoms with E-state index in [1.165, 1.54) is 0 Å². The molecule has 6 nitrogen and oxygen atoms in total. The Kier molecular flexibility index (Phi) is 6.51. The molecule has 32 heavy (non-hydrogen) atoms. The maximum atomic E-state index is 13.0. The van der Waals surface area contributed by atoms with Crippen LogP contribution in [0, 0.1) is 25.7 Å². The molecule has 2 heterocycles. The number of piperidine rings is 1. The quantitative estimate of drug-likeness (QED) is 0.754. The van der Waals surface area contributed by atoms with Crippen LogP contribution in [0.4, 0.5) is 11.4 Å². The molecule has 168 valence electrons. The number of carbonyl (C=O) groups is 3. The Morgan fingerprint density at radius 2 is 1.69 bits per heavy atom. The topological polar surface area (TPSA) is 69.7 Å². The highest BCUT2D eigenvalue weighted by Crippen LogP contribution is 2.29. The van der Waals surface area contributed by atoms with E-state index in [0.29, 0.717) is 43.2 Å². The van der Waals surface area contributed by atoms with Crippen molar-refractivity contribution in [2.75, 3.05) is 29.9 Å². The zero-order valence-electron chi connectivity index (χ0n) is 18.4. The molecule has 0 aromatic heterocycles. The zero-order valence-corrected chi connectivity index (χ0v) is 19.2. The van der Waals surface area contributed by atoms with Crippen molar-refractivity contribution in [1.82, 2.24) is 4.90 Å². The molecule has 2 aliphatic heterocycles. The predicted molar refractivity (Wildman–Crippen MR) is 126 cm³/mol. The number of benzene rings is 2. The van der Waals surface area contributed by atoms with E-state index >= 15 is 0 Å². The molecule has 2 saturated heterocycles. The number of anilines is 2. The number of carbonyl (C=O) groups excluding carboxylic acids is 3. The molecule has 0 radical (unpaired) electrons. The third kappa shape index (κ3) is 4.80. The Labute approximate surface area is 193 Å². The molecular formula is C25H28ClN3O3. The molecule has 2 aromatic carbocycles. The van der Waals surface area contributed by atoms with E-state index in [9.17, 15) is 14.4 Å². The van der Waals surface area contributed by atoms with Crippen molar-refractivity contribution >= 4 is 40.7 Å². The summed E-state index contributed by atoms with van der Waals surface area (Å²) in [7, 11) is 0. The maximum Gasteiger partial charge on any atom is 0.228 e. The molecule has 3 amide bonds. The molecule has 2 fully saturated rings. The van der Waals surface area contributed by atoms with Gasteiger partial charge in [-0.2, -0.15) is 0 Å². The molecule has 1 N–H and O–H groups in total. The van der Waals surface area contributed by atoms with Crippen molar-refractivity contribution in [1.29, 1.82) is 0 Å². The molecule has 0 spiro atoms. The van der Waals surface area contributed by atoms with Gasteiger partial charge in [0.15, 0.2) is 0 Å². The number of rotatable bonds is 4. The van der Waals surface area contributed by atoms with E-state index in [-0.39, 0.29) is 36.0 Å². The fourth-order valence-corrected chi connectivity index (χ4v) is 4.56. The average Bonchev–Trinajstić information content (AvgIpc) is 3.18. The molecular weight excluding hydrogens is 426 g/mol. The second-order valence-corrected chi connectivity index (χ2v) is 9.20. The molecule has 7 heteroatoms. The highest BCUT2D eigenvalue weighted by atomic mass is 35.5. The number of hydrogen-bond donors (Lipinski definition) is 1. The minimum Gasteiger partial charge on any atom is -0.342 e. The Balaban J connectivity index is 1.30. The summed E-state index contributed by atoms with van der Waals surface area (Å²) in [6, 6.07) is 13.3. The average molecular weight is 454 g/mol. The third-order valence-electron chi connectivity index (χ3n) is 6.44. The van der Waals surface area contributed by atoms with Crippen molar-refractivity contribution in [2.24, 2.45) is 11.8 Å². The van der Waals surface area contributed by atoms with Gasteiger partial charge in [0.1, 0.15) is 0 Å². The van der Waals surface area contributed by atoms with Gasteiger partial charge in [0.2, 0.25) is 17.7 Å². The lowest BCUT2D eigenvalue weighted by atomic mass is 9.94. The molecule has 1 atom stereocenters. The van der Waals surface area contributed by atoms with E-state index in [0.717, 1.165) is 16.8 Å². The number of likely N-dealkylation sites (tertiary alicyclic amines) is 1. The monoisotopic (exact) mass is 453 g/mol. The van der Waals surface area contributed by atoms with Crippen LogP contribution in [-0.2, 0) is 14.4 Å². The predicted octanol–water partition coefficient (Wildman–Crippen LogP) is 4.19. The summed E-state index contributed by atoms with van der Waals surface area (Å²) in [5, 5.41) is 3.55. The van der Waals surface area contributed by atoms with Crippen molar-refractivity contribution < 1.29 is 14.4 Å². The van der Waals surface area contributed by atoms with Gasteiger partial charge in [-0.3, -0.25) is 14.4 Å². The van der Waals surface area contributed by atoms with Crippen LogP contribution in [0.15, 0.2) is 42.5 Å². The summed E-state index contributed by atoms with van der Waals surface area (Å²) < 4.78 is 0. The van der Waals surface area contributed by atoms with Crippen LogP contribution in [-0.4, -0.2) is 42.3 Å². The second-order valence-electron chi connectivity index (χ2n) is 8.79. The summed E-state index contributed by atoms with van der Waals surface area (Å²) in [4.78, 5) is 41.7. The number of nitrogens with zero attached hydrogens (tertiary/aromatic N) is 2. The summed E-state index contributed by atoms with van der Waals surface area (Å²) >= 11 is 6.14. The van der Waals surface area contributed by atoms with Gasteiger partial charge in [0, 0.05) is 48.4 Å². The van der Waals surface area contributed by atoms with Crippen molar-refractivity contribution in [3.63, 3.8) is 0 Å². The standard InChI is InChI=1S/C25H28ClN3O3/c1-16-3-7-21(8-4-16)29-15-19(13-23(29)30)25(32)28-11-9-18(10-12-28)24(31)27-20-6-5-17(2)22(26)14-20/h3-8,14,18-19H,9-13,15H2,1-2H3,(H,27,31). The summed E-state index contributed by atoms with van der Waals surface area (Å²) in [6.45, 7) is 5.39. The first-order valence-electron chi connectivity index (χ1n) is 11.0. The van der Waals surface area contributed by atoms with Gasteiger partial charge in [-0.15, -0.1) is 0 Å². The largest absolute Gasteiger partial charge is 0.342 e. The maximum absolute atomic E-state index is 13.0. The van der Waals surface area contributed by atoms with E-state index in [4.69, 9.17) is 11.6 Å². The molecule has 2 aromatic rings. The van der Waals surface area contributed by atoms with Gasteiger partial charge in [0.05, 0.1) is 5.92 Å². The number of halogens is 1. The van der Waals surface area contributed by atoms with Gasteiger partial charge >= 0.3 is 0 Å². The van der Waals surface area contributed by atoms with Gasteiger partial charge in [-0.25, -0.2) is 0 Å². The van der Waals surface area contributed by atoms with Gasteiger partial charge < -0.3 is 15.1 Å². The first-order chi connectivity index (χ1) is 15.3. The normalized spacial score (nSPS) is 19.3. The number of hydrogen-bond acceptors (Lipinski definition) is 3. The molecule has 0 aliphatic carbocycles. The Morgan fingerprint density at radius 3 is 2.34 bits per heavy atom. The summed E-state index contributed by atoms with van der Waals surface area (Å²) in [5.41, 5.74) is 3.61. The first kappa shape index (κ1) is 22.3. The molecule has 1 unspecified atom stereocenters. The molecule has 4 rings (SSSR count). The fourth-order valence-electron chi connectivity index (χ4n) is 4.38. The minimum absolute atomic E-state index is 0.0112. The Bertz CT molecular complexity index is 1030. The van der Waals surface area contributed by atoms with Crippen LogP contribution in [0.25, 0.3) is 0 Å². The van der Waals surface area contributed by atoms with E-state index in [1.807, 2.05) is 55.1 Å². The molecule has 2 aliphatic rings. The van der Waals surface area contributed by atoms with Gasteiger partial charge in [0.25, 0.3) is 0 Å². The van der Waals surface area contributed by atoms with Gasteiger partial charge in [-0.05, 0) is 56.5 Å². The number of nitrogens with one attached hydrogen (secondary N) is 1. The van der Waals surface area contributed by atoms with Crippen LogP contribution >= 0.6 is 11.6 Å². The second kappa shape index (κ2) is 9.33. The highest BCUT2D eigenvalue weighted by Gasteiger charge is 2.38. The zero-order chi connectivity index (χ0) is 22.8. The Hall–Kier alpha value is -2.86. The molecule has 0 saturated carbocycles. The fraction of sp³-hybridized carbons (Fsp3) is 0.400. The number of amides is 3. The van der Waals surface area contributed by atoms with Crippen LogP contribution < -0.4 is 10.2 Å². The lowest BCUT2D eigenvalue weighted by Crippen LogP contribution is -2.44. The van der Waals surface area contributed by atoms with E-state index in [2.05, 4.69) is 5.32 Å².